The van der Waals surface area contributed by atoms with Gasteiger partial charge in [0.25, 0.3) is 0 Å². The summed E-state index contributed by atoms with van der Waals surface area (Å²) in [5.41, 5.74) is 3.69. The van der Waals surface area contributed by atoms with Gasteiger partial charge in [-0.3, -0.25) is 0 Å². The topological polar surface area (TPSA) is 3.24 Å². The second-order valence-corrected chi connectivity index (χ2v) is 3.80. The van der Waals surface area contributed by atoms with Gasteiger partial charge < -0.3 is 4.90 Å². The molecule has 0 aliphatic carbocycles. The lowest BCUT2D eigenvalue weighted by Gasteiger charge is -2.20. The normalized spacial score (nSPS) is 15.4. The Morgan fingerprint density at radius 2 is 1.87 bits per heavy atom. The average molecular weight is 197 g/mol. The Labute approximate surface area is 91.0 Å². The molecule has 0 N–H and O–H groups in total. The van der Waals surface area contributed by atoms with Crippen molar-refractivity contribution in [2.24, 2.45) is 0 Å². The van der Waals surface area contributed by atoms with Gasteiger partial charge in [0.05, 0.1) is 0 Å². The maximum Gasteiger partial charge on any atom is 0.0330 e. The van der Waals surface area contributed by atoms with Crippen LogP contribution in [0.1, 0.15) is 5.56 Å². The van der Waals surface area contributed by atoms with Crippen molar-refractivity contribution in [1.29, 1.82) is 0 Å². The maximum atomic E-state index is 3.93. The number of hydrogen-bond donors (Lipinski definition) is 0. The van der Waals surface area contributed by atoms with Crippen molar-refractivity contribution in [2.75, 3.05) is 7.05 Å². The van der Waals surface area contributed by atoms with Crippen molar-refractivity contribution in [3.8, 4) is 0 Å². The van der Waals surface area contributed by atoms with E-state index in [0.717, 1.165) is 12.1 Å². The van der Waals surface area contributed by atoms with Gasteiger partial charge in [-0.05, 0) is 23.6 Å². The van der Waals surface area contributed by atoms with Crippen LogP contribution >= 0.6 is 0 Å². The number of nitrogens with zero attached hydrogens (tertiary/aromatic N) is 1. The third kappa shape index (κ3) is 2.38. The molecule has 1 heterocycles. The van der Waals surface area contributed by atoms with Gasteiger partial charge >= 0.3 is 0 Å². The molecular weight excluding hydrogens is 182 g/mol. The fraction of sp³-hybridized carbons (Fsp3) is 0.143. The molecule has 0 unspecified atom stereocenters. The Hall–Kier alpha value is -1.76. The van der Waals surface area contributed by atoms with Crippen LogP contribution in [0.15, 0.2) is 66.5 Å². The van der Waals surface area contributed by atoms with Gasteiger partial charge in [-0.25, -0.2) is 0 Å². The molecule has 1 heteroatoms. The molecule has 0 fully saturated rings. The predicted octanol–water partition coefficient (Wildman–Crippen LogP) is 3.13. The molecule has 0 atom stereocenters. The first-order valence-corrected chi connectivity index (χ1v) is 5.10. The van der Waals surface area contributed by atoms with E-state index in [9.17, 15) is 0 Å². The van der Waals surface area contributed by atoms with Crippen molar-refractivity contribution in [2.45, 2.75) is 6.42 Å². The van der Waals surface area contributed by atoms with Crippen molar-refractivity contribution >= 4 is 0 Å². The molecule has 15 heavy (non-hydrogen) atoms. The van der Waals surface area contributed by atoms with Gasteiger partial charge in [-0.2, -0.15) is 0 Å². The summed E-state index contributed by atoms with van der Waals surface area (Å²) in [4.78, 5) is 2.05. The lowest BCUT2D eigenvalue weighted by molar-refractivity contribution is 0.579. The van der Waals surface area contributed by atoms with Crippen LogP contribution in [0.4, 0.5) is 0 Å². The molecule has 1 nitrogen and oxygen atoms in total. The summed E-state index contributed by atoms with van der Waals surface area (Å²) in [6, 6.07) is 10.5. The van der Waals surface area contributed by atoms with Crippen LogP contribution in [0.5, 0.6) is 0 Å². The Morgan fingerprint density at radius 3 is 2.53 bits per heavy atom. The molecule has 0 spiro atoms. The monoisotopic (exact) mass is 197 g/mol. The number of allylic oxidation sites excluding steroid dienone is 3. The van der Waals surface area contributed by atoms with Crippen LogP contribution in [-0.4, -0.2) is 11.9 Å². The Kier molecular flexibility index (Phi) is 2.72. The number of likely N-dealkylation sites (N-methyl/N-ethyl adjacent to an activating group) is 1. The highest BCUT2D eigenvalue weighted by Crippen LogP contribution is 2.17. The Balaban J connectivity index is 2.12. The molecule has 0 bridgehead atoms. The summed E-state index contributed by atoms with van der Waals surface area (Å²) in [6.45, 7) is 3.93. The van der Waals surface area contributed by atoms with Crippen molar-refractivity contribution in [3.63, 3.8) is 0 Å². The fourth-order valence-corrected chi connectivity index (χ4v) is 1.63. The minimum Gasteiger partial charge on any atom is -0.351 e. The fourth-order valence-electron chi connectivity index (χ4n) is 1.63. The van der Waals surface area contributed by atoms with E-state index in [1.807, 2.05) is 13.1 Å². The van der Waals surface area contributed by atoms with E-state index >= 15 is 0 Å². The average Bonchev–Trinajstić information content (AvgIpc) is 2.25. The van der Waals surface area contributed by atoms with Crippen LogP contribution in [-0.2, 0) is 6.42 Å². The molecule has 0 aromatic heterocycles. The maximum absolute atomic E-state index is 3.93. The van der Waals surface area contributed by atoms with Gasteiger partial charge in [-0.15, -0.1) is 0 Å². The zero-order valence-electron chi connectivity index (χ0n) is 8.98. The lowest BCUT2D eigenvalue weighted by atomic mass is 10.0. The van der Waals surface area contributed by atoms with E-state index < -0.39 is 0 Å². The second kappa shape index (κ2) is 4.18. The highest BCUT2D eigenvalue weighted by atomic mass is 15.1. The van der Waals surface area contributed by atoms with Gasteiger partial charge in [0.15, 0.2) is 0 Å². The largest absolute Gasteiger partial charge is 0.351 e. The highest BCUT2D eigenvalue weighted by Gasteiger charge is 2.04. The van der Waals surface area contributed by atoms with Crippen LogP contribution in [0.25, 0.3) is 0 Å². The van der Waals surface area contributed by atoms with E-state index in [-0.39, 0.29) is 0 Å². The van der Waals surface area contributed by atoms with Crippen molar-refractivity contribution in [3.05, 3.63) is 72.1 Å². The predicted molar refractivity (Wildman–Crippen MR) is 64.3 cm³/mol. The summed E-state index contributed by atoms with van der Waals surface area (Å²) in [6.07, 6.45) is 7.30. The van der Waals surface area contributed by atoms with Crippen LogP contribution in [0.2, 0.25) is 0 Å². The number of benzene rings is 1. The Morgan fingerprint density at radius 1 is 1.13 bits per heavy atom. The van der Waals surface area contributed by atoms with E-state index in [1.165, 1.54) is 11.1 Å². The standard InChI is InChI=1S/C14H15N/c1-12-8-9-14(11-15(12)2)10-13-6-4-3-5-7-13/h3-9,11H,1,10H2,2H3. The quantitative estimate of drug-likeness (QED) is 0.704. The van der Waals surface area contributed by atoms with Crippen LogP contribution in [0.3, 0.4) is 0 Å². The highest BCUT2D eigenvalue weighted by molar-refractivity contribution is 5.35. The first kappa shape index (κ1) is 9.78. The third-order valence-electron chi connectivity index (χ3n) is 2.55. The third-order valence-corrected chi connectivity index (χ3v) is 2.55. The zero-order valence-corrected chi connectivity index (χ0v) is 8.98. The minimum absolute atomic E-state index is 0.981. The summed E-state index contributed by atoms with van der Waals surface area (Å²) in [5.74, 6) is 0. The van der Waals surface area contributed by atoms with Gasteiger partial charge in [0.1, 0.15) is 0 Å². The molecule has 0 amide bonds. The first-order chi connectivity index (χ1) is 7.25. The van der Waals surface area contributed by atoms with E-state index in [2.05, 4.69) is 54.1 Å². The molecule has 1 aliphatic heterocycles. The minimum atomic E-state index is 0.981. The summed E-state index contributed by atoms with van der Waals surface area (Å²) in [7, 11) is 2.02. The number of rotatable bonds is 2. The second-order valence-electron chi connectivity index (χ2n) is 3.80. The molecule has 1 aromatic carbocycles. The molecule has 1 aliphatic rings. The van der Waals surface area contributed by atoms with Crippen LogP contribution in [0, 0.1) is 0 Å². The van der Waals surface area contributed by atoms with E-state index in [1.54, 1.807) is 0 Å². The molecule has 0 saturated heterocycles. The van der Waals surface area contributed by atoms with Crippen molar-refractivity contribution in [1.82, 2.24) is 4.90 Å². The van der Waals surface area contributed by atoms with Gasteiger partial charge in [0.2, 0.25) is 0 Å². The summed E-state index contributed by atoms with van der Waals surface area (Å²) < 4.78 is 0. The Bertz CT molecular complexity index is 412. The SMILES string of the molecule is C=C1C=CC(Cc2ccccc2)=CN1C. The summed E-state index contributed by atoms with van der Waals surface area (Å²) in [5, 5.41) is 0. The van der Waals surface area contributed by atoms with E-state index in [0.29, 0.717) is 0 Å². The first-order valence-electron chi connectivity index (χ1n) is 5.10. The molecule has 76 valence electrons. The van der Waals surface area contributed by atoms with Gasteiger partial charge in [0, 0.05) is 18.9 Å². The molecule has 0 radical (unpaired) electrons. The van der Waals surface area contributed by atoms with Crippen LogP contribution < -0.4 is 0 Å². The summed E-state index contributed by atoms with van der Waals surface area (Å²) >= 11 is 0. The number of hydrogen-bond acceptors (Lipinski definition) is 1. The molecule has 1 aromatic rings. The molecule has 2 rings (SSSR count). The zero-order chi connectivity index (χ0) is 10.7. The molecule has 0 saturated carbocycles. The van der Waals surface area contributed by atoms with Crippen molar-refractivity contribution < 1.29 is 0 Å². The molecular formula is C14H15N. The lowest BCUT2D eigenvalue weighted by Crippen LogP contribution is -2.12. The smallest absolute Gasteiger partial charge is 0.0330 e. The van der Waals surface area contributed by atoms with Gasteiger partial charge in [-0.1, -0.05) is 43.0 Å². The van der Waals surface area contributed by atoms with E-state index in [4.69, 9.17) is 0 Å².